The number of hydrogen-bond donors (Lipinski definition) is 1. The molecule has 0 heterocycles. The first-order valence-electron chi connectivity index (χ1n) is 6.21. The van der Waals surface area contributed by atoms with E-state index < -0.39 is 22.5 Å². The van der Waals surface area contributed by atoms with Crippen LogP contribution in [0.15, 0.2) is 41.3 Å². The largest absolute Gasteiger partial charge is 0.549 e. The fraction of sp³-hybridized carbons (Fsp3) is 0.214. The van der Waals surface area contributed by atoms with Crippen LogP contribution in [0.25, 0.3) is 10.8 Å². The zero-order chi connectivity index (χ0) is 15.6. The Balaban J connectivity index is 2.60. The smallest absolute Gasteiger partial charge is 0.241 e. The van der Waals surface area contributed by atoms with Gasteiger partial charge in [0, 0.05) is 30.6 Å². The summed E-state index contributed by atoms with van der Waals surface area (Å²) in [6, 6.07) is 10.2. The van der Waals surface area contributed by atoms with Gasteiger partial charge in [0.05, 0.1) is 17.4 Å². The lowest BCUT2D eigenvalue weighted by atomic mass is 10.1. The molecule has 0 saturated heterocycles. The van der Waals surface area contributed by atoms with Gasteiger partial charge < -0.3 is 14.8 Å². The summed E-state index contributed by atoms with van der Waals surface area (Å²) in [4.78, 5) is 12.4. The average molecular weight is 307 g/mol. The molecular weight excluding hydrogens is 292 g/mol. The second-order valence-corrected chi connectivity index (χ2v) is 6.45. The molecule has 0 aliphatic carbocycles. The monoisotopic (exact) mass is 307 g/mol. The summed E-state index contributed by atoms with van der Waals surface area (Å²) in [5.41, 5.74) is 0.879. The van der Waals surface area contributed by atoms with Crippen LogP contribution in [0.3, 0.4) is 0 Å². The van der Waals surface area contributed by atoms with Crippen molar-refractivity contribution in [3.05, 3.63) is 36.4 Å². The fourth-order valence-electron chi connectivity index (χ4n) is 2.12. The Kier molecular flexibility index (Phi) is 4.15. The highest BCUT2D eigenvalue weighted by molar-refractivity contribution is 7.89. The number of fused-ring (bicyclic) bond motifs is 1. The van der Waals surface area contributed by atoms with E-state index in [1.165, 1.54) is 6.07 Å². The topological polar surface area (TPSA) is 89.5 Å². The summed E-state index contributed by atoms with van der Waals surface area (Å²) >= 11 is 0. The second kappa shape index (κ2) is 5.71. The van der Waals surface area contributed by atoms with E-state index in [2.05, 4.69) is 0 Å². The Hall–Kier alpha value is -2.12. The molecule has 7 heteroatoms. The lowest BCUT2D eigenvalue weighted by molar-refractivity contribution is -0.303. The van der Waals surface area contributed by atoms with Gasteiger partial charge in [0.1, 0.15) is 0 Å². The third-order valence-electron chi connectivity index (χ3n) is 3.04. The molecule has 0 saturated carbocycles. The van der Waals surface area contributed by atoms with Crippen molar-refractivity contribution in [2.24, 2.45) is 0 Å². The molecule has 0 radical (unpaired) electrons. The SMILES string of the molecule is CN(C)c1cccc2c(S(=O)(=O)NCC(=O)[O-])cccc12. The van der Waals surface area contributed by atoms with Crippen LogP contribution in [0.2, 0.25) is 0 Å². The summed E-state index contributed by atoms with van der Waals surface area (Å²) in [7, 11) is -0.183. The lowest BCUT2D eigenvalue weighted by Gasteiger charge is -2.17. The quantitative estimate of drug-likeness (QED) is 0.835. The number of rotatable bonds is 5. The van der Waals surface area contributed by atoms with E-state index in [9.17, 15) is 18.3 Å². The predicted octanol–water partition coefficient (Wildman–Crippen LogP) is -0.0660. The molecule has 6 nitrogen and oxygen atoms in total. The third kappa shape index (κ3) is 3.14. The van der Waals surface area contributed by atoms with Gasteiger partial charge in [-0.25, -0.2) is 13.1 Å². The molecule has 0 aliphatic heterocycles. The Labute approximate surface area is 123 Å². The van der Waals surface area contributed by atoms with E-state index in [1.54, 1.807) is 18.2 Å². The number of carboxylic acids is 1. The van der Waals surface area contributed by atoms with Crippen molar-refractivity contribution in [2.45, 2.75) is 4.90 Å². The van der Waals surface area contributed by atoms with E-state index in [0.717, 1.165) is 11.1 Å². The summed E-state index contributed by atoms with van der Waals surface area (Å²) in [6.45, 7) is -0.758. The Bertz CT molecular complexity index is 785. The molecule has 2 aromatic rings. The molecule has 21 heavy (non-hydrogen) atoms. The molecule has 112 valence electrons. The zero-order valence-electron chi connectivity index (χ0n) is 11.7. The number of aliphatic carboxylic acids is 1. The van der Waals surface area contributed by atoms with Gasteiger partial charge in [-0.1, -0.05) is 24.3 Å². The minimum absolute atomic E-state index is 0.0463. The van der Waals surface area contributed by atoms with Crippen LogP contribution < -0.4 is 14.7 Å². The maximum absolute atomic E-state index is 12.2. The van der Waals surface area contributed by atoms with Gasteiger partial charge in [-0.2, -0.15) is 0 Å². The first kappa shape index (κ1) is 15.3. The van der Waals surface area contributed by atoms with E-state index >= 15 is 0 Å². The number of hydrogen-bond acceptors (Lipinski definition) is 5. The maximum atomic E-state index is 12.2. The number of carbonyl (C=O) groups excluding carboxylic acids is 1. The molecule has 0 bridgehead atoms. The van der Waals surface area contributed by atoms with E-state index in [4.69, 9.17) is 0 Å². The average Bonchev–Trinajstić information content (AvgIpc) is 2.43. The van der Waals surface area contributed by atoms with Gasteiger partial charge in [-0.3, -0.25) is 0 Å². The van der Waals surface area contributed by atoms with Crippen LogP contribution in [-0.2, 0) is 14.8 Å². The Morgan fingerprint density at radius 3 is 2.38 bits per heavy atom. The number of nitrogens with one attached hydrogen (secondary N) is 1. The number of carboxylic acid groups (broad SMARTS) is 1. The molecule has 2 rings (SSSR count). The second-order valence-electron chi connectivity index (χ2n) is 4.72. The summed E-state index contributed by atoms with van der Waals surface area (Å²) < 4.78 is 26.4. The standard InChI is InChI=1S/C14H16N2O4S/c1-16(2)12-7-3-6-11-10(12)5-4-8-13(11)21(19,20)15-9-14(17)18/h3-8,15H,9H2,1-2H3,(H,17,18)/p-1. The van der Waals surface area contributed by atoms with E-state index in [-0.39, 0.29) is 4.90 Å². The summed E-state index contributed by atoms with van der Waals surface area (Å²) in [6.07, 6.45) is 0. The van der Waals surface area contributed by atoms with E-state index in [1.807, 2.05) is 35.9 Å². The van der Waals surface area contributed by atoms with Crippen LogP contribution >= 0.6 is 0 Å². The van der Waals surface area contributed by atoms with Crippen LogP contribution in [0, 0.1) is 0 Å². The molecule has 0 aromatic heterocycles. The molecular formula is C14H15N2O4S-. The highest BCUT2D eigenvalue weighted by atomic mass is 32.2. The van der Waals surface area contributed by atoms with Gasteiger partial charge in [-0.05, 0) is 12.1 Å². The lowest BCUT2D eigenvalue weighted by Crippen LogP contribution is -2.37. The molecule has 2 aromatic carbocycles. The fourth-order valence-corrected chi connectivity index (χ4v) is 3.31. The number of nitrogens with zero attached hydrogens (tertiary/aromatic N) is 1. The van der Waals surface area contributed by atoms with Crippen LogP contribution in [0.4, 0.5) is 5.69 Å². The van der Waals surface area contributed by atoms with Gasteiger partial charge >= 0.3 is 0 Å². The molecule has 0 unspecified atom stereocenters. The van der Waals surface area contributed by atoms with Gasteiger partial charge in [0.2, 0.25) is 10.0 Å². The number of carbonyl (C=O) groups is 1. The van der Waals surface area contributed by atoms with Gasteiger partial charge in [0.15, 0.2) is 0 Å². The molecule has 0 amide bonds. The van der Waals surface area contributed by atoms with Crippen molar-refractivity contribution in [2.75, 3.05) is 25.5 Å². The molecule has 0 atom stereocenters. The van der Waals surface area contributed by atoms with Crippen molar-refractivity contribution < 1.29 is 18.3 Å². The minimum atomic E-state index is -3.91. The summed E-state index contributed by atoms with van der Waals surface area (Å²) in [5, 5.41) is 11.8. The van der Waals surface area contributed by atoms with Gasteiger partial charge in [-0.15, -0.1) is 0 Å². The summed E-state index contributed by atoms with van der Waals surface area (Å²) in [5.74, 6) is -1.48. The highest BCUT2D eigenvalue weighted by Crippen LogP contribution is 2.29. The van der Waals surface area contributed by atoms with Crippen molar-refractivity contribution in [3.63, 3.8) is 0 Å². The maximum Gasteiger partial charge on any atom is 0.241 e. The third-order valence-corrected chi connectivity index (χ3v) is 4.50. The van der Waals surface area contributed by atoms with Crippen molar-refractivity contribution in [1.82, 2.24) is 4.72 Å². The molecule has 0 aliphatic rings. The van der Waals surface area contributed by atoms with Gasteiger partial charge in [0.25, 0.3) is 0 Å². The first-order chi connectivity index (χ1) is 9.83. The Morgan fingerprint density at radius 1 is 1.14 bits per heavy atom. The molecule has 0 fully saturated rings. The van der Waals surface area contributed by atoms with Crippen LogP contribution in [-0.4, -0.2) is 35.0 Å². The first-order valence-corrected chi connectivity index (χ1v) is 7.70. The van der Waals surface area contributed by atoms with Crippen molar-refractivity contribution in [1.29, 1.82) is 0 Å². The van der Waals surface area contributed by atoms with Crippen LogP contribution in [0.5, 0.6) is 0 Å². The van der Waals surface area contributed by atoms with Crippen molar-refractivity contribution in [3.8, 4) is 0 Å². The zero-order valence-corrected chi connectivity index (χ0v) is 12.5. The normalized spacial score (nSPS) is 11.5. The molecule has 0 spiro atoms. The number of anilines is 1. The number of benzene rings is 2. The molecule has 1 N–H and O–H groups in total. The van der Waals surface area contributed by atoms with E-state index in [0.29, 0.717) is 5.39 Å². The minimum Gasteiger partial charge on any atom is -0.549 e. The highest BCUT2D eigenvalue weighted by Gasteiger charge is 2.17. The van der Waals surface area contributed by atoms with Crippen molar-refractivity contribution >= 4 is 32.5 Å². The predicted molar refractivity (Wildman–Crippen MR) is 78.5 cm³/mol. The Morgan fingerprint density at radius 2 is 1.76 bits per heavy atom. The van der Waals surface area contributed by atoms with Crippen LogP contribution in [0.1, 0.15) is 0 Å². The number of sulfonamides is 1.